The Morgan fingerprint density at radius 1 is 0.923 bits per heavy atom. The molecular formula is C20H15Cl2N3O. The van der Waals surface area contributed by atoms with Gasteiger partial charge in [0.15, 0.2) is 0 Å². The van der Waals surface area contributed by atoms with E-state index in [2.05, 4.69) is 4.98 Å². The van der Waals surface area contributed by atoms with Crippen LogP contribution in [-0.2, 0) is 11.3 Å². The summed E-state index contributed by atoms with van der Waals surface area (Å²) in [5.41, 5.74) is 2.52. The molecule has 26 heavy (non-hydrogen) atoms. The van der Waals surface area contributed by atoms with Gasteiger partial charge in [-0.25, -0.2) is 0 Å². The molecule has 3 aromatic rings. The molecule has 0 spiro atoms. The van der Waals surface area contributed by atoms with E-state index < -0.39 is 0 Å². The van der Waals surface area contributed by atoms with Crippen molar-refractivity contribution in [3.8, 4) is 0 Å². The topological polar surface area (TPSA) is 57.1 Å². The Hall–Kier alpha value is -2.69. The van der Waals surface area contributed by atoms with E-state index >= 15 is 0 Å². The van der Waals surface area contributed by atoms with Crippen LogP contribution in [0.25, 0.3) is 0 Å². The third-order valence-electron chi connectivity index (χ3n) is 3.81. The highest BCUT2D eigenvalue weighted by molar-refractivity contribution is 6.53. The van der Waals surface area contributed by atoms with E-state index in [0.717, 1.165) is 11.3 Å². The molecule has 0 bridgehead atoms. The maximum atomic E-state index is 12.0. The summed E-state index contributed by atoms with van der Waals surface area (Å²) in [6.45, 7) is 0.450. The minimum Gasteiger partial charge on any atom is -0.302 e. The second kappa shape index (κ2) is 8.13. The monoisotopic (exact) mass is 383 g/mol. The molecule has 2 heterocycles. The molecule has 1 N–H and O–H groups in total. The summed E-state index contributed by atoms with van der Waals surface area (Å²) in [5.74, 6) is -0.250. The van der Waals surface area contributed by atoms with Crippen LogP contribution in [0.4, 0.5) is 5.69 Å². The number of halogens is 2. The number of carbonyl (C=O) groups is 1. The molecule has 0 saturated carbocycles. The molecule has 1 aliphatic rings. The zero-order valence-corrected chi connectivity index (χ0v) is 15.2. The first-order chi connectivity index (χ1) is 12.6. The maximum absolute atomic E-state index is 12.0. The van der Waals surface area contributed by atoms with E-state index in [9.17, 15) is 4.79 Å². The summed E-state index contributed by atoms with van der Waals surface area (Å²) < 4.78 is 0. The Balaban J connectivity index is 0.000000206. The summed E-state index contributed by atoms with van der Waals surface area (Å²) in [7, 11) is 0. The maximum Gasteiger partial charge on any atom is 0.277 e. The Labute approximate surface area is 161 Å². The van der Waals surface area contributed by atoms with Gasteiger partial charge in [0, 0.05) is 18.0 Å². The first-order valence-electron chi connectivity index (χ1n) is 7.86. The molecule has 1 amide bonds. The lowest BCUT2D eigenvalue weighted by Crippen LogP contribution is -2.29. The van der Waals surface area contributed by atoms with Gasteiger partial charge < -0.3 is 4.90 Å². The summed E-state index contributed by atoms with van der Waals surface area (Å²) in [6.07, 6.45) is 3.43. The average Bonchev–Trinajstić information content (AvgIpc) is 2.91. The van der Waals surface area contributed by atoms with Crippen LogP contribution in [0.5, 0.6) is 0 Å². The Morgan fingerprint density at radius 2 is 1.58 bits per heavy atom. The fraction of sp³-hybridized carbons (Fsp3) is 0.0500. The molecule has 0 saturated heterocycles. The molecule has 0 radical (unpaired) electrons. The van der Waals surface area contributed by atoms with Crippen molar-refractivity contribution >= 4 is 40.5 Å². The average molecular weight is 384 g/mol. The zero-order valence-electron chi connectivity index (χ0n) is 13.7. The van der Waals surface area contributed by atoms with Crippen molar-refractivity contribution in [1.29, 1.82) is 5.41 Å². The minimum atomic E-state index is -0.250. The van der Waals surface area contributed by atoms with E-state index in [-0.39, 0.29) is 11.6 Å². The number of hydrogen-bond acceptors (Lipinski definition) is 3. The van der Waals surface area contributed by atoms with Gasteiger partial charge in [-0.05, 0) is 29.8 Å². The lowest BCUT2D eigenvalue weighted by Gasteiger charge is -2.16. The number of nitrogens with one attached hydrogen (secondary N) is 1. The number of carbonyl (C=O) groups excluding carboxylic acids is 1. The molecule has 1 aromatic heterocycles. The normalized spacial score (nSPS) is 12.5. The molecule has 0 fully saturated rings. The number of benzene rings is 2. The van der Waals surface area contributed by atoms with E-state index in [4.69, 9.17) is 28.6 Å². The van der Waals surface area contributed by atoms with Gasteiger partial charge in [0.25, 0.3) is 5.91 Å². The molecule has 0 atom stereocenters. The van der Waals surface area contributed by atoms with Crippen LogP contribution in [0.1, 0.15) is 11.1 Å². The quantitative estimate of drug-likeness (QED) is 0.677. The molecule has 0 aliphatic carbocycles. The Kier molecular flexibility index (Phi) is 5.66. The van der Waals surface area contributed by atoms with Crippen LogP contribution < -0.4 is 4.90 Å². The highest BCUT2D eigenvalue weighted by atomic mass is 35.5. The number of hydrogen-bond donors (Lipinski definition) is 1. The van der Waals surface area contributed by atoms with Crippen LogP contribution in [0.3, 0.4) is 0 Å². The van der Waals surface area contributed by atoms with Crippen molar-refractivity contribution in [1.82, 2.24) is 4.98 Å². The number of nitrogens with zero attached hydrogens (tertiary/aromatic N) is 2. The number of pyridine rings is 1. The highest BCUT2D eigenvalue weighted by Crippen LogP contribution is 2.29. The lowest BCUT2D eigenvalue weighted by atomic mass is 10.1. The summed E-state index contributed by atoms with van der Waals surface area (Å²) in [6, 6.07) is 18.3. The van der Waals surface area contributed by atoms with E-state index in [0.29, 0.717) is 22.2 Å². The number of para-hydroxylation sites is 1. The third kappa shape index (κ3) is 3.93. The molecule has 0 unspecified atom stereocenters. The van der Waals surface area contributed by atoms with Crippen LogP contribution in [-0.4, -0.2) is 16.6 Å². The van der Waals surface area contributed by atoms with E-state index in [1.165, 1.54) is 0 Å². The van der Waals surface area contributed by atoms with Crippen LogP contribution in [0, 0.1) is 5.41 Å². The third-order valence-corrected chi connectivity index (χ3v) is 4.57. The van der Waals surface area contributed by atoms with Gasteiger partial charge in [-0.3, -0.25) is 15.2 Å². The minimum absolute atomic E-state index is 0.0643. The van der Waals surface area contributed by atoms with Crippen molar-refractivity contribution in [3.63, 3.8) is 0 Å². The van der Waals surface area contributed by atoms with Gasteiger partial charge in [0.05, 0.1) is 22.3 Å². The van der Waals surface area contributed by atoms with Crippen LogP contribution in [0.15, 0.2) is 73.1 Å². The number of rotatable bonds is 2. The molecule has 6 heteroatoms. The zero-order chi connectivity index (χ0) is 18.5. The SMILES string of the molecule is Clc1ccccc1Cl.N=C1C(=O)N(Cc2cccnc2)c2ccccc21. The lowest BCUT2D eigenvalue weighted by molar-refractivity contribution is -0.112. The van der Waals surface area contributed by atoms with Crippen molar-refractivity contribution in [2.45, 2.75) is 6.54 Å². The highest BCUT2D eigenvalue weighted by Gasteiger charge is 2.32. The van der Waals surface area contributed by atoms with Gasteiger partial charge in [0.2, 0.25) is 0 Å². The van der Waals surface area contributed by atoms with Gasteiger partial charge >= 0.3 is 0 Å². The van der Waals surface area contributed by atoms with E-state index in [1.807, 2.05) is 42.5 Å². The molecule has 4 rings (SSSR count). The molecule has 1 aliphatic heterocycles. The first kappa shape index (κ1) is 18.1. The second-order valence-electron chi connectivity index (χ2n) is 5.56. The fourth-order valence-corrected chi connectivity index (χ4v) is 2.82. The van der Waals surface area contributed by atoms with Gasteiger partial charge in [-0.15, -0.1) is 0 Å². The molecule has 130 valence electrons. The van der Waals surface area contributed by atoms with Gasteiger partial charge in [0.1, 0.15) is 5.71 Å². The molecule has 4 nitrogen and oxygen atoms in total. The largest absolute Gasteiger partial charge is 0.302 e. The van der Waals surface area contributed by atoms with Crippen molar-refractivity contribution in [2.24, 2.45) is 0 Å². The first-order valence-corrected chi connectivity index (χ1v) is 8.62. The number of aromatic nitrogens is 1. The smallest absolute Gasteiger partial charge is 0.277 e. The molecule has 2 aromatic carbocycles. The summed E-state index contributed by atoms with van der Waals surface area (Å²) >= 11 is 11.2. The summed E-state index contributed by atoms with van der Waals surface area (Å²) in [4.78, 5) is 17.7. The second-order valence-corrected chi connectivity index (χ2v) is 6.37. The predicted molar refractivity (Wildman–Crippen MR) is 105 cm³/mol. The van der Waals surface area contributed by atoms with Crippen molar-refractivity contribution < 1.29 is 4.79 Å². The van der Waals surface area contributed by atoms with Crippen molar-refractivity contribution in [3.05, 3.63) is 94.2 Å². The standard InChI is InChI=1S/C14H11N3O.C6H4Cl2/c15-13-11-5-1-2-6-12(11)17(14(13)18)9-10-4-3-7-16-8-10;7-5-3-1-2-4-6(5)8/h1-8,15H,9H2;1-4H. The summed E-state index contributed by atoms with van der Waals surface area (Å²) in [5, 5.41) is 9.04. The number of anilines is 1. The predicted octanol–water partition coefficient (Wildman–Crippen LogP) is 4.99. The fourth-order valence-electron chi connectivity index (χ4n) is 2.55. The Morgan fingerprint density at radius 3 is 2.19 bits per heavy atom. The van der Waals surface area contributed by atoms with E-state index in [1.54, 1.807) is 35.5 Å². The number of fused-ring (bicyclic) bond motifs is 1. The Bertz CT molecular complexity index is 924. The van der Waals surface area contributed by atoms with Gasteiger partial charge in [-0.2, -0.15) is 0 Å². The number of amides is 1. The molecular weight excluding hydrogens is 369 g/mol. The van der Waals surface area contributed by atoms with Crippen LogP contribution >= 0.6 is 23.2 Å². The van der Waals surface area contributed by atoms with Crippen molar-refractivity contribution in [2.75, 3.05) is 4.90 Å². The van der Waals surface area contributed by atoms with Gasteiger partial charge in [-0.1, -0.05) is 59.6 Å². The van der Waals surface area contributed by atoms with Crippen LogP contribution in [0.2, 0.25) is 10.0 Å².